The Labute approximate surface area is 107 Å². The molecule has 0 aliphatic carbocycles. The van der Waals surface area contributed by atoms with Gasteiger partial charge >= 0.3 is 0 Å². The summed E-state index contributed by atoms with van der Waals surface area (Å²) >= 11 is 0. The third-order valence-electron chi connectivity index (χ3n) is 3.19. The first-order chi connectivity index (χ1) is 7.70. The average molecular weight is 251 g/mol. The molecule has 0 aliphatic rings. The van der Waals surface area contributed by atoms with Gasteiger partial charge in [0.05, 0.1) is 6.07 Å². The van der Waals surface area contributed by atoms with Gasteiger partial charge in [-0.1, -0.05) is 39.0 Å². The Morgan fingerprint density at radius 2 is 1.88 bits per heavy atom. The number of hydrogen-bond acceptors (Lipinski definition) is 2. The molecule has 96 valence electrons. The van der Waals surface area contributed by atoms with E-state index in [9.17, 15) is 0 Å². The van der Waals surface area contributed by atoms with Gasteiger partial charge in [0, 0.05) is 12.2 Å². The highest BCUT2D eigenvalue weighted by atomic mass is 28.4. The van der Waals surface area contributed by atoms with E-state index in [-0.39, 0.29) is 11.1 Å². The average Bonchev–Trinajstić information content (AvgIpc) is 2.14. The van der Waals surface area contributed by atoms with Crippen molar-refractivity contribution >= 4 is 8.32 Å². The molecule has 0 aromatic rings. The highest BCUT2D eigenvalue weighted by Gasteiger charge is 2.38. The molecule has 0 aromatic carbocycles. The number of nitrogens with zero attached hydrogens (tertiary/aromatic N) is 1. The molecule has 0 rings (SSSR count). The molecule has 0 spiro atoms. The number of hydrogen-bond donors (Lipinski definition) is 0. The van der Waals surface area contributed by atoms with Crippen LogP contribution in [0.4, 0.5) is 0 Å². The van der Waals surface area contributed by atoms with Crippen LogP contribution in [0, 0.1) is 11.3 Å². The Bertz CT molecular complexity index is 318. The molecular formula is C14H25NOSi. The maximum absolute atomic E-state index is 8.33. The van der Waals surface area contributed by atoms with Crippen molar-refractivity contribution in [3.63, 3.8) is 0 Å². The molecule has 0 N–H and O–H groups in total. The second-order valence-electron chi connectivity index (χ2n) is 5.84. The van der Waals surface area contributed by atoms with E-state index >= 15 is 0 Å². The normalized spacial score (nSPS) is 15.4. The minimum absolute atomic E-state index is 0.239. The molecule has 2 nitrogen and oxygen atoms in total. The molecule has 0 aromatic heterocycles. The maximum atomic E-state index is 8.33. The largest absolute Gasteiger partial charge is 0.414 e. The predicted octanol–water partition coefficient (Wildman–Crippen LogP) is 4.42. The summed E-state index contributed by atoms with van der Waals surface area (Å²) in [7, 11) is -1.65. The minimum Gasteiger partial charge on any atom is -0.414 e. The van der Waals surface area contributed by atoms with E-state index in [0.29, 0.717) is 0 Å². The predicted molar refractivity (Wildman–Crippen MR) is 76.3 cm³/mol. The van der Waals surface area contributed by atoms with Crippen LogP contribution in [0.5, 0.6) is 0 Å². The van der Waals surface area contributed by atoms with Crippen LogP contribution >= 0.6 is 0 Å². The zero-order valence-electron chi connectivity index (χ0n) is 11.9. The Hall–Kier alpha value is -0.853. The molecule has 0 saturated carbocycles. The lowest BCUT2D eigenvalue weighted by molar-refractivity contribution is 0.202. The van der Waals surface area contributed by atoms with Gasteiger partial charge in [-0.3, -0.25) is 0 Å². The van der Waals surface area contributed by atoms with Crippen molar-refractivity contribution in [2.45, 2.75) is 58.4 Å². The van der Waals surface area contributed by atoms with Crippen molar-refractivity contribution in [2.24, 2.45) is 0 Å². The summed E-state index contributed by atoms with van der Waals surface area (Å²) < 4.78 is 6.21. The zero-order valence-corrected chi connectivity index (χ0v) is 12.9. The quantitative estimate of drug-likeness (QED) is 0.411. The van der Waals surface area contributed by atoms with Crippen LogP contribution in [0.2, 0.25) is 18.1 Å². The molecule has 17 heavy (non-hydrogen) atoms. The van der Waals surface area contributed by atoms with Gasteiger partial charge in [-0.2, -0.15) is 5.26 Å². The second kappa shape index (κ2) is 6.78. The van der Waals surface area contributed by atoms with E-state index < -0.39 is 8.32 Å². The number of allylic oxidation sites excluding steroid dienone is 3. The molecule has 1 atom stereocenters. The van der Waals surface area contributed by atoms with Crippen LogP contribution in [-0.2, 0) is 4.43 Å². The van der Waals surface area contributed by atoms with Crippen LogP contribution in [0.3, 0.4) is 0 Å². The van der Waals surface area contributed by atoms with Crippen LogP contribution in [0.1, 0.15) is 34.1 Å². The summed E-state index contributed by atoms with van der Waals surface area (Å²) in [5, 5.41) is 8.58. The highest BCUT2D eigenvalue weighted by molar-refractivity contribution is 6.74. The number of rotatable bonds is 5. The van der Waals surface area contributed by atoms with Crippen molar-refractivity contribution in [1.29, 1.82) is 5.26 Å². The van der Waals surface area contributed by atoms with Gasteiger partial charge < -0.3 is 4.43 Å². The fraction of sp³-hybridized carbons (Fsp3) is 0.643. The Morgan fingerprint density at radius 1 is 1.29 bits per heavy atom. The van der Waals surface area contributed by atoms with Crippen molar-refractivity contribution in [1.82, 2.24) is 0 Å². The summed E-state index contributed by atoms with van der Waals surface area (Å²) in [6, 6.07) is 1.96. The monoisotopic (exact) mass is 251 g/mol. The van der Waals surface area contributed by atoms with Gasteiger partial charge in [0.15, 0.2) is 8.32 Å². The number of nitriles is 1. The first-order valence-corrected chi connectivity index (χ1v) is 9.00. The fourth-order valence-electron chi connectivity index (χ4n) is 1.18. The van der Waals surface area contributed by atoms with E-state index in [1.807, 2.05) is 18.2 Å². The summed E-state index contributed by atoms with van der Waals surface area (Å²) in [6.45, 7) is 13.4. The molecule has 1 unspecified atom stereocenters. The van der Waals surface area contributed by atoms with Gasteiger partial charge in [0.1, 0.15) is 0 Å². The van der Waals surface area contributed by atoms with Crippen LogP contribution in [0.15, 0.2) is 24.3 Å². The first-order valence-electron chi connectivity index (χ1n) is 6.10. The molecule has 3 heteroatoms. The van der Waals surface area contributed by atoms with Crippen molar-refractivity contribution in [3.05, 3.63) is 24.3 Å². The van der Waals surface area contributed by atoms with E-state index in [1.54, 1.807) is 6.08 Å². The van der Waals surface area contributed by atoms with E-state index in [0.717, 1.165) is 6.42 Å². The summed E-state index contributed by atoms with van der Waals surface area (Å²) in [5.74, 6) is 0. The molecule has 0 fully saturated rings. The van der Waals surface area contributed by atoms with Crippen LogP contribution < -0.4 is 0 Å². The van der Waals surface area contributed by atoms with E-state index in [1.165, 1.54) is 6.08 Å². The summed E-state index contributed by atoms with van der Waals surface area (Å²) in [5.41, 5.74) is 0. The smallest absolute Gasteiger partial charge is 0.192 e. The lowest BCUT2D eigenvalue weighted by Gasteiger charge is -2.38. The standard InChI is InChI=1S/C14H25NOSi/c1-13(11-9-7-8-10-12-15)16-17(5,6)14(2,3)4/h7-10,13H,11H2,1-6H3/b9-7+,10-8?. The minimum atomic E-state index is -1.65. The Morgan fingerprint density at radius 3 is 2.35 bits per heavy atom. The third kappa shape index (κ3) is 6.45. The SMILES string of the molecule is CC(C/C=C/C=CC#N)O[Si](C)(C)C(C)(C)C. The fourth-order valence-corrected chi connectivity index (χ4v) is 2.63. The topological polar surface area (TPSA) is 33.0 Å². The lowest BCUT2D eigenvalue weighted by atomic mass is 10.2. The van der Waals surface area contributed by atoms with Gasteiger partial charge in [0.25, 0.3) is 0 Å². The van der Waals surface area contributed by atoms with Crippen molar-refractivity contribution in [3.8, 4) is 6.07 Å². The van der Waals surface area contributed by atoms with Crippen LogP contribution in [-0.4, -0.2) is 14.4 Å². The molecule has 0 radical (unpaired) electrons. The molecule has 0 bridgehead atoms. The third-order valence-corrected chi connectivity index (χ3v) is 7.79. The molecule has 0 aliphatic heterocycles. The maximum Gasteiger partial charge on any atom is 0.192 e. The molecule has 0 saturated heterocycles. The van der Waals surface area contributed by atoms with Gasteiger partial charge in [-0.15, -0.1) is 0 Å². The van der Waals surface area contributed by atoms with Gasteiger partial charge in [-0.25, -0.2) is 0 Å². The molecule has 0 amide bonds. The van der Waals surface area contributed by atoms with E-state index in [2.05, 4.69) is 40.8 Å². The summed E-state index contributed by atoms with van der Waals surface area (Å²) in [4.78, 5) is 0. The van der Waals surface area contributed by atoms with Gasteiger partial charge in [0.2, 0.25) is 0 Å². The van der Waals surface area contributed by atoms with Crippen LogP contribution in [0.25, 0.3) is 0 Å². The van der Waals surface area contributed by atoms with E-state index in [4.69, 9.17) is 9.69 Å². The summed E-state index contributed by atoms with van der Waals surface area (Å²) in [6.07, 6.45) is 8.29. The molecular weight excluding hydrogens is 226 g/mol. The van der Waals surface area contributed by atoms with Crippen molar-refractivity contribution in [2.75, 3.05) is 0 Å². The first kappa shape index (κ1) is 16.1. The Balaban J connectivity index is 4.20. The highest BCUT2D eigenvalue weighted by Crippen LogP contribution is 2.37. The van der Waals surface area contributed by atoms with Gasteiger partial charge in [-0.05, 0) is 31.5 Å². The lowest BCUT2D eigenvalue weighted by Crippen LogP contribution is -2.43. The Kier molecular flexibility index (Phi) is 6.44. The van der Waals surface area contributed by atoms with Crippen molar-refractivity contribution < 1.29 is 4.43 Å². The zero-order chi connectivity index (χ0) is 13.5. The second-order valence-corrected chi connectivity index (χ2v) is 10.6. The molecule has 0 heterocycles.